The lowest BCUT2D eigenvalue weighted by Gasteiger charge is -2.26. The van der Waals surface area contributed by atoms with E-state index < -0.39 is 5.97 Å². The van der Waals surface area contributed by atoms with Gasteiger partial charge >= 0.3 is 5.97 Å². The molecule has 0 amide bonds. The van der Waals surface area contributed by atoms with E-state index in [1.54, 1.807) is 0 Å². The molecule has 0 bridgehead atoms. The summed E-state index contributed by atoms with van der Waals surface area (Å²) < 4.78 is 5.44. The highest BCUT2D eigenvalue weighted by molar-refractivity contribution is 5.70. The van der Waals surface area contributed by atoms with E-state index in [2.05, 4.69) is 6.92 Å². The minimum absolute atomic E-state index is 0.171. The Morgan fingerprint density at radius 1 is 1.67 bits per heavy atom. The van der Waals surface area contributed by atoms with Crippen molar-refractivity contribution in [2.75, 3.05) is 6.61 Å². The maximum absolute atomic E-state index is 10.6. The first-order valence-corrected chi connectivity index (χ1v) is 4.58. The topological polar surface area (TPSA) is 46.5 Å². The van der Waals surface area contributed by atoms with Gasteiger partial charge in [0.05, 0.1) is 12.0 Å². The standard InChI is InChI=1S/C9H16O3/c1-2-3-8-6-7(9(10)11)4-5-12-8/h7-8H,2-6H2,1H3,(H,10,11)/t7-,8-/m0/s1. The molecule has 3 nitrogen and oxygen atoms in total. The average molecular weight is 172 g/mol. The summed E-state index contributed by atoms with van der Waals surface area (Å²) in [5.74, 6) is -0.838. The van der Waals surface area contributed by atoms with Gasteiger partial charge in [-0.05, 0) is 19.3 Å². The van der Waals surface area contributed by atoms with Crippen LogP contribution in [-0.4, -0.2) is 23.8 Å². The fraction of sp³-hybridized carbons (Fsp3) is 0.889. The normalized spacial score (nSPS) is 30.1. The molecule has 0 unspecified atom stereocenters. The molecule has 1 fully saturated rings. The molecule has 2 atom stereocenters. The molecule has 3 heteroatoms. The van der Waals surface area contributed by atoms with E-state index in [9.17, 15) is 4.79 Å². The monoisotopic (exact) mass is 172 g/mol. The number of carboxylic acid groups (broad SMARTS) is 1. The van der Waals surface area contributed by atoms with Gasteiger partial charge in [0, 0.05) is 6.61 Å². The van der Waals surface area contributed by atoms with Crippen LogP contribution < -0.4 is 0 Å². The highest BCUT2D eigenvalue weighted by Gasteiger charge is 2.26. The maximum Gasteiger partial charge on any atom is 0.306 e. The largest absolute Gasteiger partial charge is 0.481 e. The quantitative estimate of drug-likeness (QED) is 0.704. The molecule has 0 aromatic heterocycles. The van der Waals surface area contributed by atoms with Gasteiger partial charge in [-0.15, -0.1) is 0 Å². The van der Waals surface area contributed by atoms with Crippen molar-refractivity contribution in [1.82, 2.24) is 0 Å². The zero-order chi connectivity index (χ0) is 8.97. The van der Waals surface area contributed by atoms with E-state index in [4.69, 9.17) is 9.84 Å². The van der Waals surface area contributed by atoms with Crippen molar-refractivity contribution >= 4 is 5.97 Å². The molecule has 0 aliphatic carbocycles. The molecule has 0 radical (unpaired) electrons. The number of hydrogen-bond acceptors (Lipinski definition) is 2. The lowest BCUT2D eigenvalue weighted by Crippen LogP contribution is -2.29. The second kappa shape index (κ2) is 4.45. The second-order valence-corrected chi connectivity index (χ2v) is 3.34. The van der Waals surface area contributed by atoms with Crippen LogP contribution in [0.15, 0.2) is 0 Å². The first-order valence-electron chi connectivity index (χ1n) is 4.58. The number of carbonyl (C=O) groups is 1. The summed E-state index contributed by atoms with van der Waals surface area (Å²) in [6.45, 7) is 2.70. The molecule has 12 heavy (non-hydrogen) atoms. The smallest absolute Gasteiger partial charge is 0.306 e. The predicted octanol–water partition coefficient (Wildman–Crippen LogP) is 1.67. The Morgan fingerprint density at radius 2 is 2.42 bits per heavy atom. The van der Waals surface area contributed by atoms with Gasteiger partial charge in [0.2, 0.25) is 0 Å². The summed E-state index contributed by atoms with van der Waals surface area (Å²) in [4.78, 5) is 10.6. The van der Waals surface area contributed by atoms with Crippen molar-refractivity contribution in [2.45, 2.75) is 38.7 Å². The summed E-state index contributed by atoms with van der Waals surface area (Å²) >= 11 is 0. The van der Waals surface area contributed by atoms with E-state index in [1.807, 2.05) is 0 Å². The van der Waals surface area contributed by atoms with Crippen LogP contribution in [0.4, 0.5) is 0 Å². The molecule has 1 aliphatic rings. The van der Waals surface area contributed by atoms with Gasteiger partial charge < -0.3 is 9.84 Å². The van der Waals surface area contributed by atoms with Crippen LogP contribution in [-0.2, 0) is 9.53 Å². The first kappa shape index (κ1) is 9.52. The van der Waals surface area contributed by atoms with Gasteiger partial charge in [-0.3, -0.25) is 4.79 Å². The second-order valence-electron chi connectivity index (χ2n) is 3.34. The van der Waals surface area contributed by atoms with Crippen molar-refractivity contribution in [2.24, 2.45) is 5.92 Å². The summed E-state index contributed by atoms with van der Waals surface area (Å²) in [6.07, 6.45) is 3.62. The Labute approximate surface area is 72.7 Å². The highest BCUT2D eigenvalue weighted by Crippen LogP contribution is 2.22. The van der Waals surface area contributed by atoms with Gasteiger partial charge in [0.1, 0.15) is 0 Å². The molecule has 1 aliphatic heterocycles. The minimum Gasteiger partial charge on any atom is -0.481 e. The Balaban J connectivity index is 2.35. The third kappa shape index (κ3) is 2.48. The first-order chi connectivity index (χ1) is 5.74. The zero-order valence-electron chi connectivity index (χ0n) is 7.45. The van der Waals surface area contributed by atoms with Gasteiger partial charge in [0.15, 0.2) is 0 Å². The molecular formula is C9H16O3. The molecular weight excluding hydrogens is 156 g/mol. The Hall–Kier alpha value is -0.570. The molecule has 0 saturated carbocycles. The third-order valence-corrected chi connectivity index (χ3v) is 2.33. The third-order valence-electron chi connectivity index (χ3n) is 2.33. The Bertz CT molecular complexity index is 154. The van der Waals surface area contributed by atoms with E-state index in [1.165, 1.54) is 0 Å². The van der Waals surface area contributed by atoms with Gasteiger partial charge in [-0.1, -0.05) is 13.3 Å². The van der Waals surface area contributed by atoms with Crippen LogP contribution in [0.25, 0.3) is 0 Å². The molecule has 1 heterocycles. The zero-order valence-corrected chi connectivity index (χ0v) is 7.45. The van der Waals surface area contributed by atoms with Gasteiger partial charge in [-0.25, -0.2) is 0 Å². The fourth-order valence-corrected chi connectivity index (χ4v) is 1.63. The van der Waals surface area contributed by atoms with E-state index in [0.29, 0.717) is 19.4 Å². The van der Waals surface area contributed by atoms with Crippen molar-refractivity contribution < 1.29 is 14.6 Å². The van der Waals surface area contributed by atoms with Crippen molar-refractivity contribution in [3.8, 4) is 0 Å². The fourth-order valence-electron chi connectivity index (χ4n) is 1.63. The van der Waals surface area contributed by atoms with Crippen LogP contribution in [0, 0.1) is 5.92 Å². The van der Waals surface area contributed by atoms with Crippen molar-refractivity contribution in [3.63, 3.8) is 0 Å². The van der Waals surface area contributed by atoms with Crippen molar-refractivity contribution in [1.29, 1.82) is 0 Å². The summed E-state index contributed by atoms with van der Waals surface area (Å²) in [7, 11) is 0. The van der Waals surface area contributed by atoms with Crippen LogP contribution in [0.1, 0.15) is 32.6 Å². The SMILES string of the molecule is CCC[C@H]1C[C@@H](C(=O)O)CCO1. The molecule has 1 saturated heterocycles. The highest BCUT2D eigenvalue weighted by atomic mass is 16.5. The van der Waals surface area contributed by atoms with Crippen LogP contribution in [0.3, 0.4) is 0 Å². The van der Waals surface area contributed by atoms with Gasteiger partial charge in [-0.2, -0.15) is 0 Å². The summed E-state index contributed by atoms with van der Waals surface area (Å²) in [5, 5.41) is 8.77. The molecule has 1 rings (SSSR count). The van der Waals surface area contributed by atoms with E-state index in [0.717, 1.165) is 12.8 Å². The molecule has 0 spiro atoms. The number of ether oxygens (including phenoxy) is 1. The Morgan fingerprint density at radius 3 is 3.00 bits per heavy atom. The van der Waals surface area contributed by atoms with Crippen LogP contribution in [0.5, 0.6) is 0 Å². The lowest BCUT2D eigenvalue weighted by atomic mass is 9.94. The van der Waals surface area contributed by atoms with E-state index in [-0.39, 0.29) is 12.0 Å². The molecule has 1 N–H and O–H groups in total. The molecule has 0 aromatic carbocycles. The number of carboxylic acids is 1. The summed E-state index contributed by atoms with van der Waals surface area (Å²) in [6, 6.07) is 0. The molecule has 0 aromatic rings. The predicted molar refractivity (Wildman–Crippen MR) is 45.0 cm³/mol. The van der Waals surface area contributed by atoms with Crippen LogP contribution >= 0.6 is 0 Å². The number of rotatable bonds is 3. The Kier molecular flexibility index (Phi) is 3.53. The van der Waals surface area contributed by atoms with E-state index >= 15 is 0 Å². The van der Waals surface area contributed by atoms with Crippen LogP contribution in [0.2, 0.25) is 0 Å². The summed E-state index contributed by atoms with van der Waals surface area (Å²) in [5.41, 5.74) is 0. The number of aliphatic carboxylic acids is 1. The van der Waals surface area contributed by atoms with Crippen molar-refractivity contribution in [3.05, 3.63) is 0 Å². The number of hydrogen-bond donors (Lipinski definition) is 1. The average Bonchev–Trinajstić information content (AvgIpc) is 2.05. The van der Waals surface area contributed by atoms with Gasteiger partial charge in [0.25, 0.3) is 0 Å². The minimum atomic E-state index is -0.667. The molecule has 70 valence electrons. The lowest BCUT2D eigenvalue weighted by molar-refractivity contribution is -0.147. The maximum atomic E-state index is 10.6.